The summed E-state index contributed by atoms with van der Waals surface area (Å²) in [5.41, 5.74) is 5.98. The molecule has 0 bridgehead atoms. The van der Waals surface area contributed by atoms with Gasteiger partial charge in [0.25, 0.3) is 0 Å². The summed E-state index contributed by atoms with van der Waals surface area (Å²) in [6, 6.07) is 2.97. The molecule has 0 fully saturated rings. The second-order valence-electron chi connectivity index (χ2n) is 4.80. The molecule has 1 aromatic rings. The van der Waals surface area contributed by atoms with Gasteiger partial charge < -0.3 is 10.6 Å². The minimum atomic E-state index is -4.36. The van der Waals surface area contributed by atoms with Gasteiger partial charge in [-0.15, -0.1) is 0 Å². The summed E-state index contributed by atoms with van der Waals surface area (Å²) in [5, 5.41) is 0. The molecule has 0 amide bonds. The summed E-state index contributed by atoms with van der Waals surface area (Å²) in [6.45, 7) is 3.67. The molecule has 0 radical (unpaired) electrons. The highest BCUT2D eigenvalue weighted by Gasteiger charge is 2.33. The van der Waals surface area contributed by atoms with Crippen molar-refractivity contribution in [1.82, 2.24) is 0 Å². The van der Waals surface area contributed by atoms with Crippen molar-refractivity contribution in [1.29, 1.82) is 0 Å². The third kappa shape index (κ3) is 4.09. The Labute approximate surface area is 110 Å². The molecular formula is C13H18F4N2. The zero-order chi connectivity index (χ0) is 14.8. The van der Waals surface area contributed by atoms with E-state index in [1.165, 1.54) is 18.2 Å². The van der Waals surface area contributed by atoms with Crippen molar-refractivity contribution >= 4 is 5.69 Å². The first-order valence-electron chi connectivity index (χ1n) is 6.01. The van der Waals surface area contributed by atoms with Gasteiger partial charge in [-0.25, -0.2) is 4.39 Å². The summed E-state index contributed by atoms with van der Waals surface area (Å²) in [6.07, 6.45) is -4.36. The van der Waals surface area contributed by atoms with Crippen molar-refractivity contribution in [2.75, 3.05) is 11.4 Å². The van der Waals surface area contributed by atoms with Gasteiger partial charge in [-0.05, 0) is 32.9 Å². The van der Waals surface area contributed by atoms with Crippen LogP contribution in [0.1, 0.15) is 32.4 Å². The van der Waals surface area contributed by atoms with Gasteiger partial charge in [0.15, 0.2) is 0 Å². The van der Waals surface area contributed by atoms with Gasteiger partial charge in [-0.3, -0.25) is 0 Å². The highest BCUT2D eigenvalue weighted by molar-refractivity contribution is 5.56. The first-order valence-corrected chi connectivity index (χ1v) is 6.01. The minimum Gasteiger partial charge on any atom is -0.360 e. The molecule has 0 aliphatic heterocycles. The highest BCUT2D eigenvalue weighted by atomic mass is 19.4. The van der Waals surface area contributed by atoms with Crippen LogP contribution in [0, 0.1) is 5.82 Å². The number of anilines is 1. The van der Waals surface area contributed by atoms with Gasteiger partial charge in [-0.2, -0.15) is 13.2 Å². The van der Waals surface area contributed by atoms with E-state index < -0.39 is 30.6 Å². The van der Waals surface area contributed by atoms with Crippen molar-refractivity contribution in [3.05, 3.63) is 29.6 Å². The molecule has 1 atom stereocenters. The van der Waals surface area contributed by atoms with Gasteiger partial charge in [-0.1, -0.05) is 6.07 Å². The quantitative estimate of drug-likeness (QED) is 0.852. The summed E-state index contributed by atoms with van der Waals surface area (Å²) in [7, 11) is 0. The zero-order valence-corrected chi connectivity index (χ0v) is 11.1. The lowest BCUT2D eigenvalue weighted by atomic mass is 10.0. The van der Waals surface area contributed by atoms with E-state index in [4.69, 9.17) is 5.73 Å². The lowest BCUT2D eigenvalue weighted by Crippen LogP contribution is -2.40. The SMILES string of the molecule is CC(C)N(CC(F)(F)F)c1cccc(F)c1[C@H](C)N. The summed E-state index contributed by atoms with van der Waals surface area (Å²) >= 11 is 0. The molecule has 2 N–H and O–H groups in total. The molecule has 0 saturated heterocycles. The third-order valence-electron chi connectivity index (χ3n) is 2.77. The number of halogens is 4. The predicted molar refractivity (Wildman–Crippen MR) is 67.5 cm³/mol. The molecule has 6 heteroatoms. The Morgan fingerprint density at radius 1 is 1.21 bits per heavy atom. The Morgan fingerprint density at radius 3 is 2.21 bits per heavy atom. The molecule has 0 aliphatic rings. The van der Waals surface area contributed by atoms with Crippen LogP contribution in [0.3, 0.4) is 0 Å². The predicted octanol–water partition coefficient (Wildman–Crippen LogP) is 3.62. The van der Waals surface area contributed by atoms with Crippen LogP contribution < -0.4 is 10.6 Å². The van der Waals surface area contributed by atoms with E-state index in [0.29, 0.717) is 0 Å². The van der Waals surface area contributed by atoms with Crippen LogP contribution in [0.4, 0.5) is 23.2 Å². The molecule has 0 aliphatic carbocycles. The van der Waals surface area contributed by atoms with Gasteiger partial charge in [0.2, 0.25) is 0 Å². The Bertz CT molecular complexity index is 427. The molecule has 19 heavy (non-hydrogen) atoms. The number of alkyl halides is 3. The molecule has 0 heterocycles. The summed E-state index contributed by atoms with van der Waals surface area (Å²) in [4.78, 5) is 1.11. The van der Waals surface area contributed by atoms with Crippen LogP contribution >= 0.6 is 0 Å². The van der Waals surface area contributed by atoms with E-state index in [9.17, 15) is 17.6 Å². The van der Waals surface area contributed by atoms with E-state index >= 15 is 0 Å². The molecule has 2 nitrogen and oxygen atoms in total. The second kappa shape index (κ2) is 5.77. The molecule has 0 unspecified atom stereocenters. The number of nitrogens with zero attached hydrogens (tertiary/aromatic N) is 1. The van der Waals surface area contributed by atoms with Crippen LogP contribution in [0.2, 0.25) is 0 Å². The third-order valence-corrected chi connectivity index (χ3v) is 2.77. The van der Waals surface area contributed by atoms with Crippen molar-refractivity contribution in [2.45, 2.75) is 39.0 Å². The maximum Gasteiger partial charge on any atom is 0.405 e. The van der Waals surface area contributed by atoms with E-state index in [0.717, 1.165) is 4.90 Å². The lowest BCUT2D eigenvalue weighted by molar-refractivity contribution is -0.120. The van der Waals surface area contributed by atoms with Gasteiger partial charge in [0.1, 0.15) is 12.4 Å². The fourth-order valence-corrected chi connectivity index (χ4v) is 1.97. The van der Waals surface area contributed by atoms with Crippen LogP contribution in [0.15, 0.2) is 18.2 Å². The number of nitrogens with two attached hydrogens (primary N) is 1. The number of hydrogen-bond acceptors (Lipinski definition) is 2. The van der Waals surface area contributed by atoms with Crippen molar-refractivity contribution < 1.29 is 17.6 Å². The van der Waals surface area contributed by atoms with Gasteiger partial charge in [0, 0.05) is 23.3 Å². The smallest absolute Gasteiger partial charge is 0.360 e. The molecule has 0 aromatic heterocycles. The Kier molecular flexibility index (Phi) is 4.79. The van der Waals surface area contributed by atoms with Crippen molar-refractivity contribution in [3.63, 3.8) is 0 Å². The number of benzene rings is 1. The molecular weight excluding hydrogens is 260 g/mol. The fourth-order valence-electron chi connectivity index (χ4n) is 1.97. The Morgan fingerprint density at radius 2 is 1.79 bits per heavy atom. The molecule has 0 saturated carbocycles. The summed E-state index contributed by atoms with van der Waals surface area (Å²) in [5.74, 6) is -0.583. The largest absolute Gasteiger partial charge is 0.405 e. The monoisotopic (exact) mass is 278 g/mol. The standard InChI is InChI=1S/C13H18F4N2/c1-8(2)19(7-13(15,16)17)11-6-4-5-10(14)12(11)9(3)18/h4-6,8-9H,7,18H2,1-3H3/t9-/m0/s1. The highest BCUT2D eigenvalue weighted by Crippen LogP contribution is 2.31. The normalized spacial score (nSPS) is 13.7. The molecule has 1 rings (SSSR count). The average molecular weight is 278 g/mol. The fraction of sp³-hybridized carbons (Fsp3) is 0.538. The first-order chi connectivity index (χ1) is 8.63. The van der Waals surface area contributed by atoms with Crippen LogP contribution in [0.5, 0.6) is 0 Å². The zero-order valence-electron chi connectivity index (χ0n) is 11.1. The van der Waals surface area contributed by atoms with Gasteiger partial charge in [0.05, 0.1) is 0 Å². The number of rotatable bonds is 4. The Hall–Kier alpha value is -1.30. The lowest BCUT2D eigenvalue weighted by Gasteiger charge is -2.32. The van der Waals surface area contributed by atoms with E-state index in [1.807, 2.05) is 0 Å². The van der Waals surface area contributed by atoms with Crippen LogP contribution in [-0.4, -0.2) is 18.8 Å². The van der Waals surface area contributed by atoms with Crippen molar-refractivity contribution in [3.8, 4) is 0 Å². The van der Waals surface area contributed by atoms with Crippen molar-refractivity contribution in [2.24, 2.45) is 5.73 Å². The first kappa shape index (κ1) is 15.8. The summed E-state index contributed by atoms with van der Waals surface area (Å²) < 4.78 is 51.6. The molecule has 1 aromatic carbocycles. The van der Waals surface area contributed by atoms with E-state index in [-0.39, 0.29) is 11.3 Å². The number of hydrogen-bond donors (Lipinski definition) is 1. The van der Waals surface area contributed by atoms with Crippen LogP contribution in [-0.2, 0) is 0 Å². The van der Waals surface area contributed by atoms with Gasteiger partial charge >= 0.3 is 6.18 Å². The second-order valence-corrected chi connectivity index (χ2v) is 4.80. The Balaban J connectivity index is 3.27. The maximum absolute atomic E-state index is 13.8. The molecule has 108 valence electrons. The van der Waals surface area contributed by atoms with Crippen LogP contribution in [0.25, 0.3) is 0 Å². The van der Waals surface area contributed by atoms with E-state index in [2.05, 4.69) is 0 Å². The maximum atomic E-state index is 13.8. The average Bonchev–Trinajstić information content (AvgIpc) is 2.23. The minimum absolute atomic E-state index is 0.112. The molecule has 0 spiro atoms. The topological polar surface area (TPSA) is 29.3 Å². The van der Waals surface area contributed by atoms with E-state index in [1.54, 1.807) is 20.8 Å².